The van der Waals surface area contributed by atoms with Gasteiger partial charge >= 0.3 is 0 Å². The number of carbonyl (C=O) groups excluding carboxylic acids is 1. The van der Waals surface area contributed by atoms with E-state index in [1.165, 1.54) is 12.8 Å². The Morgan fingerprint density at radius 2 is 2.15 bits per heavy atom. The van der Waals surface area contributed by atoms with Crippen LogP contribution in [0.15, 0.2) is 24.3 Å². The van der Waals surface area contributed by atoms with E-state index >= 15 is 0 Å². The molecule has 1 fully saturated rings. The lowest BCUT2D eigenvalue weighted by Gasteiger charge is -2.19. The van der Waals surface area contributed by atoms with Crippen LogP contribution in [0.2, 0.25) is 0 Å². The van der Waals surface area contributed by atoms with Gasteiger partial charge in [0.1, 0.15) is 5.75 Å². The van der Waals surface area contributed by atoms with E-state index in [2.05, 4.69) is 0 Å². The third-order valence-corrected chi connectivity index (χ3v) is 3.52. The highest BCUT2D eigenvalue weighted by molar-refractivity contribution is 5.96. The van der Waals surface area contributed by atoms with Gasteiger partial charge in [-0.2, -0.15) is 0 Å². The van der Waals surface area contributed by atoms with E-state index in [9.17, 15) is 9.90 Å². The Morgan fingerprint density at radius 3 is 2.80 bits per heavy atom. The zero-order valence-corrected chi connectivity index (χ0v) is 12.2. The lowest BCUT2D eigenvalue weighted by Crippen LogP contribution is -2.29. The molecule has 0 saturated heterocycles. The van der Waals surface area contributed by atoms with Crippen molar-refractivity contribution in [2.24, 2.45) is 5.92 Å². The van der Waals surface area contributed by atoms with Crippen LogP contribution in [-0.2, 0) is 0 Å². The molecule has 110 valence electrons. The third-order valence-electron chi connectivity index (χ3n) is 3.52. The highest BCUT2D eigenvalue weighted by Crippen LogP contribution is 2.30. The zero-order chi connectivity index (χ0) is 14.5. The van der Waals surface area contributed by atoms with Gasteiger partial charge in [0.15, 0.2) is 0 Å². The van der Waals surface area contributed by atoms with Gasteiger partial charge in [0.2, 0.25) is 0 Å². The number of para-hydroxylation sites is 1. The van der Waals surface area contributed by atoms with E-state index in [-0.39, 0.29) is 5.91 Å². The maximum atomic E-state index is 12.4. The van der Waals surface area contributed by atoms with Gasteiger partial charge in [-0.3, -0.25) is 4.79 Å². The van der Waals surface area contributed by atoms with Gasteiger partial charge in [0.05, 0.1) is 18.3 Å². The zero-order valence-electron chi connectivity index (χ0n) is 12.2. The summed E-state index contributed by atoms with van der Waals surface area (Å²) in [7, 11) is 1.75. The number of aliphatic hydroxyl groups excluding tert-OH is 1. The molecule has 0 bridgehead atoms. The Labute approximate surface area is 120 Å². The molecule has 1 aliphatic rings. The molecule has 1 atom stereocenters. The molecule has 0 aliphatic heterocycles. The molecule has 1 aliphatic carbocycles. The molecule has 1 saturated carbocycles. The largest absolute Gasteiger partial charge is 0.492 e. The molecular formula is C16H23NO3. The molecule has 0 heterocycles. The molecule has 0 aromatic heterocycles. The molecular weight excluding hydrogens is 254 g/mol. The minimum atomic E-state index is -0.397. The van der Waals surface area contributed by atoms with Crippen LogP contribution in [0.1, 0.15) is 36.5 Å². The summed E-state index contributed by atoms with van der Waals surface area (Å²) in [6.07, 6.45) is 2.63. The highest BCUT2D eigenvalue weighted by atomic mass is 16.5. The van der Waals surface area contributed by atoms with Gasteiger partial charge < -0.3 is 14.7 Å². The molecule has 2 rings (SSSR count). The number of hydrogen-bond acceptors (Lipinski definition) is 3. The van der Waals surface area contributed by atoms with Crippen LogP contribution in [0.5, 0.6) is 5.75 Å². The Kier molecular flexibility index (Phi) is 5.01. The summed E-state index contributed by atoms with van der Waals surface area (Å²) in [5, 5.41) is 9.30. The van der Waals surface area contributed by atoms with Gasteiger partial charge in [0.25, 0.3) is 5.91 Å². The van der Waals surface area contributed by atoms with Crippen molar-refractivity contribution in [3.8, 4) is 5.75 Å². The Morgan fingerprint density at radius 1 is 1.45 bits per heavy atom. The summed E-state index contributed by atoms with van der Waals surface area (Å²) >= 11 is 0. The van der Waals surface area contributed by atoms with Crippen LogP contribution >= 0.6 is 0 Å². The van der Waals surface area contributed by atoms with E-state index < -0.39 is 6.10 Å². The number of hydrogen-bond donors (Lipinski definition) is 1. The third kappa shape index (κ3) is 4.23. The topological polar surface area (TPSA) is 49.8 Å². The van der Waals surface area contributed by atoms with Crippen molar-refractivity contribution < 1.29 is 14.6 Å². The van der Waals surface area contributed by atoms with Gasteiger partial charge in [-0.25, -0.2) is 0 Å². The van der Waals surface area contributed by atoms with Crippen LogP contribution < -0.4 is 4.74 Å². The molecule has 1 aromatic carbocycles. The molecule has 1 aromatic rings. The summed E-state index contributed by atoms with van der Waals surface area (Å²) < 4.78 is 5.76. The molecule has 1 N–H and O–H groups in total. The molecule has 0 radical (unpaired) electrons. The van der Waals surface area contributed by atoms with Crippen LogP contribution in [0.25, 0.3) is 0 Å². The Hall–Kier alpha value is -1.55. The number of amides is 1. The standard InChI is InChI=1S/C16H23NO3/c1-12(18)9-10-17(2)16(19)14-5-3-4-6-15(14)20-11-13-7-8-13/h3-6,12-13,18H,7-11H2,1-2H3. The first-order chi connectivity index (χ1) is 9.58. The fraction of sp³-hybridized carbons (Fsp3) is 0.562. The van der Waals surface area contributed by atoms with E-state index in [1.807, 2.05) is 18.2 Å². The van der Waals surface area contributed by atoms with Crippen molar-refractivity contribution in [1.82, 2.24) is 4.90 Å². The number of rotatable bonds is 7. The number of ether oxygens (including phenoxy) is 1. The van der Waals surface area contributed by atoms with Crippen molar-refractivity contribution in [2.75, 3.05) is 20.2 Å². The number of carbonyl (C=O) groups is 1. The summed E-state index contributed by atoms with van der Waals surface area (Å²) in [6.45, 7) is 2.96. The molecule has 1 unspecified atom stereocenters. The molecule has 4 nitrogen and oxygen atoms in total. The van der Waals surface area contributed by atoms with Gasteiger partial charge in [-0.1, -0.05) is 12.1 Å². The van der Waals surface area contributed by atoms with Crippen molar-refractivity contribution in [3.63, 3.8) is 0 Å². The average Bonchev–Trinajstić information content (AvgIpc) is 3.26. The Bertz CT molecular complexity index is 455. The van der Waals surface area contributed by atoms with Crippen molar-refractivity contribution in [3.05, 3.63) is 29.8 Å². The lowest BCUT2D eigenvalue weighted by molar-refractivity contribution is 0.0764. The summed E-state index contributed by atoms with van der Waals surface area (Å²) in [5.41, 5.74) is 0.598. The number of aliphatic hydroxyl groups is 1. The van der Waals surface area contributed by atoms with Gasteiger partial charge in [0, 0.05) is 13.6 Å². The SMILES string of the molecule is CC(O)CCN(C)C(=O)c1ccccc1OCC1CC1. The van der Waals surface area contributed by atoms with Crippen LogP contribution in [0.3, 0.4) is 0 Å². The summed E-state index contributed by atoms with van der Waals surface area (Å²) in [6, 6.07) is 7.37. The van der Waals surface area contributed by atoms with Crippen LogP contribution in [0, 0.1) is 5.92 Å². The van der Waals surface area contributed by atoms with Gasteiger partial charge in [-0.15, -0.1) is 0 Å². The number of benzene rings is 1. The second kappa shape index (κ2) is 6.75. The normalized spacial score (nSPS) is 15.8. The van der Waals surface area contributed by atoms with Crippen molar-refractivity contribution >= 4 is 5.91 Å². The average molecular weight is 277 g/mol. The van der Waals surface area contributed by atoms with E-state index in [4.69, 9.17) is 4.74 Å². The fourth-order valence-corrected chi connectivity index (χ4v) is 1.95. The minimum Gasteiger partial charge on any atom is -0.492 e. The van der Waals surface area contributed by atoms with Crippen molar-refractivity contribution in [2.45, 2.75) is 32.3 Å². The quantitative estimate of drug-likeness (QED) is 0.832. The predicted molar refractivity (Wildman–Crippen MR) is 77.9 cm³/mol. The predicted octanol–water partition coefficient (Wildman–Crippen LogP) is 2.32. The monoisotopic (exact) mass is 277 g/mol. The maximum Gasteiger partial charge on any atom is 0.257 e. The van der Waals surface area contributed by atoms with E-state index in [1.54, 1.807) is 24.9 Å². The summed E-state index contributed by atoms with van der Waals surface area (Å²) in [4.78, 5) is 14.0. The molecule has 1 amide bonds. The fourth-order valence-electron chi connectivity index (χ4n) is 1.95. The Balaban J connectivity index is 1.99. The second-order valence-electron chi connectivity index (χ2n) is 5.61. The number of nitrogens with zero attached hydrogens (tertiary/aromatic N) is 1. The molecule has 4 heteroatoms. The van der Waals surface area contributed by atoms with Crippen LogP contribution in [-0.4, -0.2) is 42.2 Å². The highest BCUT2D eigenvalue weighted by Gasteiger charge is 2.23. The van der Waals surface area contributed by atoms with E-state index in [0.29, 0.717) is 36.8 Å². The first-order valence-corrected chi connectivity index (χ1v) is 7.23. The first-order valence-electron chi connectivity index (χ1n) is 7.23. The lowest BCUT2D eigenvalue weighted by atomic mass is 10.1. The summed E-state index contributed by atoms with van der Waals surface area (Å²) in [5.74, 6) is 1.26. The van der Waals surface area contributed by atoms with Gasteiger partial charge in [-0.05, 0) is 44.2 Å². The van der Waals surface area contributed by atoms with Crippen LogP contribution in [0.4, 0.5) is 0 Å². The molecule has 20 heavy (non-hydrogen) atoms. The molecule has 0 spiro atoms. The van der Waals surface area contributed by atoms with E-state index in [0.717, 1.165) is 0 Å². The smallest absolute Gasteiger partial charge is 0.257 e. The maximum absolute atomic E-state index is 12.4. The first kappa shape index (κ1) is 14.9. The second-order valence-corrected chi connectivity index (χ2v) is 5.61. The van der Waals surface area contributed by atoms with Crippen molar-refractivity contribution in [1.29, 1.82) is 0 Å². The minimum absolute atomic E-state index is 0.0583.